The van der Waals surface area contributed by atoms with Gasteiger partial charge in [-0.3, -0.25) is 4.79 Å². The summed E-state index contributed by atoms with van der Waals surface area (Å²) < 4.78 is 6.63. The van der Waals surface area contributed by atoms with Crippen molar-refractivity contribution in [1.29, 1.82) is 0 Å². The lowest BCUT2D eigenvalue weighted by Gasteiger charge is -2.05. The summed E-state index contributed by atoms with van der Waals surface area (Å²) in [6.45, 7) is 3.94. The van der Waals surface area contributed by atoms with Gasteiger partial charge in [0, 0.05) is 5.69 Å². The summed E-state index contributed by atoms with van der Waals surface area (Å²) in [6, 6.07) is 14.6. The van der Waals surface area contributed by atoms with E-state index in [1.807, 2.05) is 50.2 Å². The largest absolute Gasteiger partial charge is 0.455 e. The first-order valence-corrected chi connectivity index (χ1v) is 8.49. The van der Waals surface area contributed by atoms with Gasteiger partial charge < -0.3 is 10.1 Å². The van der Waals surface area contributed by atoms with E-state index < -0.39 is 5.97 Å². The Balaban J connectivity index is 1.50. The van der Waals surface area contributed by atoms with E-state index in [4.69, 9.17) is 4.74 Å². The molecule has 0 saturated carbocycles. The molecule has 3 rings (SSSR count). The third-order valence-corrected chi connectivity index (χ3v) is 3.87. The lowest BCUT2D eigenvalue weighted by atomic mass is 10.1. The SMILES string of the molecule is Cc1ccc(NC(=O)Cn2cc(COC(=O)c3ccc(C)cc3)nn2)cc1. The molecule has 27 heavy (non-hydrogen) atoms. The second-order valence-corrected chi connectivity index (χ2v) is 6.26. The van der Waals surface area contributed by atoms with Crippen molar-refractivity contribution >= 4 is 17.6 Å². The molecule has 0 aliphatic carbocycles. The number of benzene rings is 2. The van der Waals surface area contributed by atoms with E-state index in [1.54, 1.807) is 18.3 Å². The zero-order valence-corrected chi connectivity index (χ0v) is 15.2. The van der Waals surface area contributed by atoms with Gasteiger partial charge in [-0.1, -0.05) is 40.6 Å². The number of aryl methyl sites for hydroxylation is 2. The predicted molar refractivity (Wildman–Crippen MR) is 100 cm³/mol. The number of hydrogen-bond donors (Lipinski definition) is 1. The minimum absolute atomic E-state index is 0.00765. The van der Waals surface area contributed by atoms with Crippen molar-refractivity contribution in [3.8, 4) is 0 Å². The Hall–Kier alpha value is -3.48. The van der Waals surface area contributed by atoms with Gasteiger partial charge in [0.05, 0.1) is 11.8 Å². The van der Waals surface area contributed by atoms with Crippen LogP contribution in [-0.2, 0) is 22.7 Å². The molecule has 1 N–H and O–H groups in total. The molecule has 0 aliphatic rings. The highest BCUT2D eigenvalue weighted by molar-refractivity contribution is 5.90. The summed E-state index contributed by atoms with van der Waals surface area (Å²) in [4.78, 5) is 24.1. The zero-order chi connectivity index (χ0) is 19.2. The van der Waals surface area contributed by atoms with Gasteiger partial charge in [-0.2, -0.15) is 0 Å². The maximum atomic E-state index is 12.1. The molecule has 1 amide bonds. The molecular weight excluding hydrogens is 344 g/mol. The fourth-order valence-corrected chi connectivity index (χ4v) is 2.38. The molecule has 0 radical (unpaired) electrons. The number of esters is 1. The molecule has 0 aliphatic heterocycles. The monoisotopic (exact) mass is 364 g/mol. The van der Waals surface area contributed by atoms with E-state index in [2.05, 4.69) is 15.6 Å². The molecule has 0 fully saturated rings. The normalized spacial score (nSPS) is 10.4. The second-order valence-electron chi connectivity index (χ2n) is 6.26. The average Bonchev–Trinajstić information content (AvgIpc) is 3.09. The molecule has 1 heterocycles. The third kappa shape index (κ3) is 5.24. The number of carbonyl (C=O) groups excluding carboxylic acids is 2. The lowest BCUT2D eigenvalue weighted by molar-refractivity contribution is -0.116. The van der Waals surface area contributed by atoms with Crippen LogP contribution in [0.3, 0.4) is 0 Å². The Morgan fingerprint density at radius 3 is 2.30 bits per heavy atom. The fourth-order valence-electron chi connectivity index (χ4n) is 2.38. The first kappa shape index (κ1) is 18.3. The fraction of sp³-hybridized carbons (Fsp3) is 0.200. The number of aromatic nitrogens is 3. The average molecular weight is 364 g/mol. The molecule has 0 unspecified atom stereocenters. The predicted octanol–water partition coefficient (Wildman–Crippen LogP) is 2.89. The summed E-state index contributed by atoms with van der Waals surface area (Å²) in [7, 11) is 0. The number of amides is 1. The quantitative estimate of drug-likeness (QED) is 0.680. The molecule has 3 aromatic rings. The number of carbonyl (C=O) groups is 2. The number of hydrogen-bond acceptors (Lipinski definition) is 5. The van der Waals surface area contributed by atoms with Gasteiger partial charge in [0.1, 0.15) is 18.8 Å². The zero-order valence-electron chi connectivity index (χ0n) is 15.2. The Kier molecular flexibility index (Phi) is 5.61. The van der Waals surface area contributed by atoms with Crippen LogP contribution in [-0.4, -0.2) is 26.9 Å². The van der Waals surface area contributed by atoms with Gasteiger partial charge in [0.25, 0.3) is 0 Å². The number of ether oxygens (including phenoxy) is 1. The van der Waals surface area contributed by atoms with Crippen LogP contribution in [0.1, 0.15) is 27.2 Å². The van der Waals surface area contributed by atoms with Gasteiger partial charge >= 0.3 is 5.97 Å². The Labute approximate surface area is 157 Å². The Morgan fingerprint density at radius 2 is 1.63 bits per heavy atom. The van der Waals surface area contributed by atoms with Gasteiger partial charge in [-0.05, 0) is 38.1 Å². The highest BCUT2D eigenvalue weighted by Crippen LogP contribution is 2.09. The summed E-state index contributed by atoms with van der Waals surface area (Å²) in [5.41, 5.74) is 3.86. The molecule has 7 heteroatoms. The van der Waals surface area contributed by atoms with Crippen molar-refractivity contribution in [2.45, 2.75) is 27.0 Å². The smallest absolute Gasteiger partial charge is 0.338 e. The summed E-state index contributed by atoms with van der Waals surface area (Å²) in [5, 5.41) is 10.6. The minimum Gasteiger partial charge on any atom is -0.455 e. The Bertz CT molecular complexity index is 931. The molecule has 0 spiro atoms. The van der Waals surface area contributed by atoms with Gasteiger partial charge in [-0.25, -0.2) is 9.48 Å². The van der Waals surface area contributed by atoms with Crippen LogP contribution in [0.4, 0.5) is 5.69 Å². The Morgan fingerprint density at radius 1 is 1.00 bits per heavy atom. The van der Waals surface area contributed by atoms with Crippen molar-refractivity contribution in [2.75, 3.05) is 5.32 Å². The van der Waals surface area contributed by atoms with Crippen LogP contribution in [0.15, 0.2) is 54.7 Å². The van der Waals surface area contributed by atoms with Crippen molar-refractivity contribution < 1.29 is 14.3 Å². The van der Waals surface area contributed by atoms with E-state index in [0.29, 0.717) is 11.3 Å². The number of rotatable bonds is 6. The molecule has 0 atom stereocenters. The number of nitrogens with one attached hydrogen (secondary N) is 1. The molecule has 0 bridgehead atoms. The molecule has 1 aromatic heterocycles. The van der Waals surface area contributed by atoms with Crippen LogP contribution in [0.25, 0.3) is 0 Å². The number of nitrogens with zero attached hydrogens (tertiary/aromatic N) is 3. The van der Waals surface area contributed by atoms with Gasteiger partial charge in [0.15, 0.2) is 0 Å². The van der Waals surface area contributed by atoms with E-state index in [1.165, 1.54) is 4.68 Å². The topological polar surface area (TPSA) is 86.1 Å². The van der Waals surface area contributed by atoms with E-state index in [-0.39, 0.29) is 19.1 Å². The molecule has 138 valence electrons. The van der Waals surface area contributed by atoms with Crippen LogP contribution < -0.4 is 5.32 Å². The molecule has 7 nitrogen and oxygen atoms in total. The minimum atomic E-state index is -0.429. The van der Waals surface area contributed by atoms with Crippen molar-refractivity contribution in [3.63, 3.8) is 0 Å². The standard InChI is InChI=1S/C20H20N4O3/c1-14-3-7-16(8-4-14)20(26)27-13-18-11-24(23-22-18)12-19(25)21-17-9-5-15(2)6-10-17/h3-11H,12-13H2,1-2H3,(H,21,25). The lowest BCUT2D eigenvalue weighted by Crippen LogP contribution is -2.19. The summed E-state index contributed by atoms with van der Waals surface area (Å²) in [6.07, 6.45) is 1.58. The van der Waals surface area contributed by atoms with E-state index >= 15 is 0 Å². The third-order valence-electron chi connectivity index (χ3n) is 3.87. The first-order chi connectivity index (χ1) is 13.0. The highest BCUT2D eigenvalue weighted by Gasteiger charge is 2.10. The van der Waals surface area contributed by atoms with E-state index in [0.717, 1.165) is 16.8 Å². The van der Waals surface area contributed by atoms with Gasteiger partial charge in [0.2, 0.25) is 5.91 Å². The molecular formula is C20H20N4O3. The highest BCUT2D eigenvalue weighted by atomic mass is 16.5. The van der Waals surface area contributed by atoms with Crippen LogP contribution in [0, 0.1) is 13.8 Å². The van der Waals surface area contributed by atoms with E-state index in [9.17, 15) is 9.59 Å². The van der Waals surface area contributed by atoms with Gasteiger partial charge in [-0.15, -0.1) is 5.10 Å². The van der Waals surface area contributed by atoms with Crippen molar-refractivity contribution in [1.82, 2.24) is 15.0 Å². The van der Waals surface area contributed by atoms with Crippen molar-refractivity contribution in [2.24, 2.45) is 0 Å². The van der Waals surface area contributed by atoms with Crippen molar-refractivity contribution in [3.05, 3.63) is 77.1 Å². The maximum Gasteiger partial charge on any atom is 0.338 e. The summed E-state index contributed by atoms with van der Waals surface area (Å²) in [5.74, 6) is -0.645. The first-order valence-electron chi connectivity index (χ1n) is 8.49. The summed E-state index contributed by atoms with van der Waals surface area (Å²) >= 11 is 0. The van der Waals surface area contributed by atoms with Crippen LogP contribution in [0.5, 0.6) is 0 Å². The van der Waals surface area contributed by atoms with Crippen LogP contribution in [0.2, 0.25) is 0 Å². The number of anilines is 1. The molecule has 2 aromatic carbocycles. The molecule has 0 saturated heterocycles. The second kappa shape index (κ2) is 8.27. The van der Waals surface area contributed by atoms with Crippen LogP contribution >= 0.6 is 0 Å². The maximum absolute atomic E-state index is 12.1.